The first-order chi connectivity index (χ1) is 13.0. The van der Waals surface area contributed by atoms with Crippen molar-refractivity contribution in [2.45, 2.75) is 12.5 Å². The Morgan fingerprint density at radius 3 is 2.67 bits per heavy atom. The van der Waals surface area contributed by atoms with Crippen LogP contribution in [0.4, 0.5) is 0 Å². The van der Waals surface area contributed by atoms with E-state index in [0.29, 0.717) is 10.7 Å². The Bertz CT molecular complexity index is 911. The standard InChI is InChI=1S/C20H17NO4S2/c1-25-15-9-5-8-14(10-15)12-17-18(22)21(20(26)27-17)16(19(23)24)11-13-6-3-2-4-7-13/h2-10,12,16H,11H2,1H3,(H,23,24)/b17-12+/t16-/m1/s1. The Hall–Kier alpha value is -2.64. The Morgan fingerprint density at radius 1 is 1.26 bits per heavy atom. The zero-order valence-electron chi connectivity index (χ0n) is 14.5. The molecule has 7 heteroatoms. The first-order valence-corrected chi connectivity index (χ1v) is 9.40. The fraction of sp³-hybridized carbons (Fsp3) is 0.150. The van der Waals surface area contributed by atoms with Gasteiger partial charge >= 0.3 is 5.97 Å². The van der Waals surface area contributed by atoms with Gasteiger partial charge in [-0.1, -0.05) is 66.4 Å². The molecule has 1 saturated heterocycles. The van der Waals surface area contributed by atoms with E-state index in [4.69, 9.17) is 17.0 Å². The smallest absolute Gasteiger partial charge is 0.327 e. The Labute approximate surface area is 166 Å². The minimum absolute atomic E-state index is 0.190. The number of carbonyl (C=O) groups is 2. The summed E-state index contributed by atoms with van der Waals surface area (Å²) in [7, 11) is 1.57. The van der Waals surface area contributed by atoms with Crippen LogP contribution in [0, 0.1) is 0 Å². The molecule has 0 bridgehead atoms. The zero-order valence-corrected chi connectivity index (χ0v) is 16.1. The molecule has 1 fully saturated rings. The highest BCUT2D eigenvalue weighted by atomic mass is 32.2. The third-order valence-corrected chi connectivity index (χ3v) is 5.41. The van der Waals surface area contributed by atoms with E-state index in [1.54, 1.807) is 19.3 Å². The predicted octanol–water partition coefficient (Wildman–Crippen LogP) is 3.59. The highest BCUT2D eigenvalue weighted by Gasteiger charge is 2.40. The van der Waals surface area contributed by atoms with Gasteiger partial charge in [0.25, 0.3) is 5.91 Å². The highest BCUT2D eigenvalue weighted by molar-refractivity contribution is 8.26. The first kappa shape index (κ1) is 19.1. The summed E-state index contributed by atoms with van der Waals surface area (Å²) < 4.78 is 5.44. The SMILES string of the molecule is COc1cccc(/C=C2/SC(=S)N([C@H](Cc3ccccc3)C(=O)O)C2=O)c1. The number of ether oxygens (including phenoxy) is 1. The second-order valence-electron chi connectivity index (χ2n) is 5.87. The van der Waals surface area contributed by atoms with E-state index in [-0.39, 0.29) is 10.7 Å². The number of nitrogens with zero attached hydrogens (tertiary/aromatic N) is 1. The highest BCUT2D eigenvalue weighted by Crippen LogP contribution is 2.35. The lowest BCUT2D eigenvalue weighted by atomic mass is 10.0. The summed E-state index contributed by atoms with van der Waals surface area (Å²) >= 11 is 6.42. The lowest BCUT2D eigenvalue weighted by molar-refractivity contribution is -0.145. The molecule has 0 radical (unpaired) electrons. The maximum absolute atomic E-state index is 12.9. The molecule has 0 unspecified atom stereocenters. The number of methoxy groups -OCH3 is 1. The summed E-state index contributed by atoms with van der Waals surface area (Å²) in [6, 6.07) is 15.4. The molecule has 0 spiro atoms. The number of carboxylic acid groups (broad SMARTS) is 1. The van der Waals surface area contributed by atoms with Crippen LogP contribution in [-0.2, 0) is 16.0 Å². The van der Waals surface area contributed by atoms with E-state index < -0.39 is 17.9 Å². The van der Waals surface area contributed by atoms with Crippen LogP contribution in [0.25, 0.3) is 6.08 Å². The lowest BCUT2D eigenvalue weighted by Gasteiger charge is -2.23. The van der Waals surface area contributed by atoms with Crippen LogP contribution in [0.2, 0.25) is 0 Å². The van der Waals surface area contributed by atoms with Crippen LogP contribution in [0.5, 0.6) is 5.75 Å². The van der Waals surface area contributed by atoms with Crippen LogP contribution >= 0.6 is 24.0 Å². The second-order valence-corrected chi connectivity index (χ2v) is 7.55. The molecule has 1 aliphatic heterocycles. The van der Waals surface area contributed by atoms with Gasteiger partial charge in [-0.3, -0.25) is 9.69 Å². The van der Waals surface area contributed by atoms with Crippen molar-refractivity contribution in [3.63, 3.8) is 0 Å². The van der Waals surface area contributed by atoms with Crippen LogP contribution in [0.3, 0.4) is 0 Å². The monoisotopic (exact) mass is 399 g/mol. The number of thiocarbonyl (C=S) groups is 1. The topological polar surface area (TPSA) is 66.8 Å². The van der Waals surface area contributed by atoms with E-state index >= 15 is 0 Å². The van der Waals surface area contributed by atoms with Gasteiger partial charge in [0.2, 0.25) is 0 Å². The number of hydrogen-bond donors (Lipinski definition) is 1. The normalized spacial score (nSPS) is 16.6. The predicted molar refractivity (Wildman–Crippen MR) is 110 cm³/mol. The van der Waals surface area contributed by atoms with Gasteiger partial charge in [0, 0.05) is 6.42 Å². The molecule has 1 atom stereocenters. The number of amides is 1. The number of hydrogen-bond acceptors (Lipinski definition) is 5. The zero-order chi connectivity index (χ0) is 19.4. The number of benzene rings is 2. The minimum atomic E-state index is -1.09. The molecule has 1 heterocycles. The van der Waals surface area contributed by atoms with Gasteiger partial charge in [-0.25, -0.2) is 4.79 Å². The molecule has 1 N–H and O–H groups in total. The maximum Gasteiger partial charge on any atom is 0.327 e. The number of carboxylic acids is 1. The van der Waals surface area contributed by atoms with Crippen molar-refractivity contribution in [1.82, 2.24) is 4.90 Å². The van der Waals surface area contributed by atoms with Gasteiger partial charge in [0.15, 0.2) is 0 Å². The second kappa shape index (κ2) is 8.37. The third kappa shape index (κ3) is 4.37. The van der Waals surface area contributed by atoms with Crippen LogP contribution in [0.15, 0.2) is 59.5 Å². The quantitative estimate of drug-likeness (QED) is 0.591. The molecular weight excluding hydrogens is 382 g/mol. The Morgan fingerprint density at radius 2 is 2.00 bits per heavy atom. The first-order valence-electron chi connectivity index (χ1n) is 8.17. The van der Waals surface area contributed by atoms with Crippen molar-refractivity contribution in [2.75, 3.05) is 7.11 Å². The number of carbonyl (C=O) groups excluding carboxylic acids is 1. The van der Waals surface area contributed by atoms with Crippen molar-refractivity contribution in [1.29, 1.82) is 0 Å². The molecule has 0 saturated carbocycles. The molecule has 2 aromatic carbocycles. The van der Waals surface area contributed by atoms with E-state index in [2.05, 4.69) is 0 Å². The largest absolute Gasteiger partial charge is 0.497 e. The molecule has 5 nitrogen and oxygen atoms in total. The average molecular weight is 399 g/mol. The van der Waals surface area contributed by atoms with Crippen LogP contribution < -0.4 is 4.74 Å². The van der Waals surface area contributed by atoms with E-state index in [1.165, 1.54) is 4.90 Å². The summed E-state index contributed by atoms with van der Waals surface area (Å²) in [6.07, 6.45) is 1.89. The number of aliphatic carboxylic acids is 1. The van der Waals surface area contributed by atoms with Gasteiger partial charge in [-0.05, 0) is 29.3 Å². The van der Waals surface area contributed by atoms with E-state index in [0.717, 1.165) is 22.9 Å². The third-order valence-electron chi connectivity index (χ3n) is 4.08. The fourth-order valence-corrected chi connectivity index (χ4v) is 4.11. The maximum atomic E-state index is 12.9. The molecule has 2 aromatic rings. The number of rotatable bonds is 6. The van der Waals surface area contributed by atoms with Gasteiger partial charge in [-0.15, -0.1) is 0 Å². The van der Waals surface area contributed by atoms with Crippen molar-refractivity contribution >= 4 is 46.3 Å². The molecule has 1 amide bonds. The lowest BCUT2D eigenvalue weighted by Crippen LogP contribution is -2.45. The molecular formula is C20H17NO4S2. The van der Waals surface area contributed by atoms with Crippen molar-refractivity contribution in [2.24, 2.45) is 0 Å². The van der Waals surface area contributed by atoms with Crippen LogP contribution in [0.1, 0.15) is 11.1 Å². The van der Waals surface area contributed by atoms with Crippen molar-refractivity contribution in [3.05, 3.63) is 70.6 Å². The van der Waals surface area contributed by atoms with Gasteiger partial charge < -0.3 is 9.84 Å². The van der Waals surface area contributed by atoms with Gasteiger partial charge in [0.1, 0.15) is 16.1 Å². The average Bonchev–Trinajstić information content (AvgIpc) is 2.94. The molecule has 0 aromatic heterocycles. The van der Waals surface area contributed by atoms with E-state index in [9.17, 15) is 14.7 Å². The van der Waals surface area contributed by atoms with Crippen molar-refractivity contribution in [3.8, 4) is 5.75 Å². The van der Waals surface area contributed by atoms with E-state index in [1.807, 2.05) is 48.5 Å². The van der Waals surface area contributed by atoms with Crippen LogP contribution in [-0.4, -0.2) is 39.4 Å². The minimum Gasteiger partial charge on any atom is -0.497 e. The molecule has 3 rings (SSSR count). The fourth-order valence-electron chi connectivity index (χ4n) is 2.76. The Kier molecular flexibility index (Phi) is 5.93. The van der Waals surface area contributed by atoms with Gasteiger partial charge in [0.05, 0.1) is 12.0 Å². The molecule has 27 heavy (non-hydrogen) atoms. The molecule has 0 aliphatic carbocycles. The number of thioether (sulfide) groups is 1. The molecule has 138 valence electrons. The summed E-state index contributed by atoms with van der Waals surface area (Å²) in [6.45, 7) is 0. The Balaban J connectivity index is 1.87. The van der Waals surface area contributed by atoms with Gasteiger partial charge in [-0.2, -0.15) is 0 Å². The summed E-state index contributed by atoms with van der Waals surface area (Å²) in [5.41, 5.74) is 1.61. The summed E-state index contributed by atoms with van der Waals surface area (Å²) in [4.78, 5) is 26.3. The van der Waals surface area contributed by atoms with Crippen molar-refractivity contribution < 1.29 is 19.4 Å². The summed E-state index contributed by atoms with van der Waals surface area (Å²) in [5, 5.41) is 9.68. The molecule has 1 aliphatic rings. The summed E-state index contributed by atoms with van der Waals surface area (Å²) in [5.74, 6) is -0.805.